The maximum atomic E-state index is 12.0. The molecule has 1 aromatic rings. The highest BCUT2D eigenvalue weighted by atomic mass is 32.1. The molecule has 6 nitrogen and oxygen atoms in total. The molecule has 1 aromatic heterocycles. The monoisotopic (exact) mass is 257 g/mol. The van der Waals surface area contributed by atoms with Gasteiger partial charge in [0.15, 0.2) is 0 Å². The number of nitrogens with two attached hydrogens (primary N) is 1. The van der Waals surface area contributed by atoms with Crippen LogP contribution in [0, 0.1) is 0 Å². The lowest BCUT2D eigenvalue weighted by atomic mass is 10.3. The smallest absolute Gasteiger partial charge is 0.305 e. The fourth-order valence-corrected chi connectivity index (χ4v) is 1.95. The molecule has 17 heavy (non-hydrogen) atoms. The molecule has 0 aliphatic carbocycles. The Kier molecular flexibility index (Phi) is 5.05. The third-order valence-corrected chi connectivity index (χ3v) is 3.08. The van der Waals surface area contributed by atoms with Crippen molar-refractivity contribution in [1.82, 2.24) is 9.88 Å². The maximum absolute atomic E-state index is 12.0. The molecular formula is C10H15N3O3S. The number of hydrogen-bond acceptors (Lipinski definition) is 5. The third kappa shape index (κ3) is 3.79. The number of carbonyl (C=O) groups excluding carboxylic acids is 1. The van der Waals surface area contributed by atoms with E-state index < -0.39 is 5.97 Å². The molecular weight excluding hydrogens is 242 g/mol. The lowest BCUT2D eigenvalue weighted by Gasteiger charge is -2.18. The fraction of sp³-hybridized carbons (Fsp3) is 0.500. The molecule has 1 rings (SSSR count). The summed E-state index contributed by atoms with van der Waals surface area (Å²) >= 11 is 1.33. The van der Waals surface area contributed by atoms with Gasteiger partial charge in [0.1, 0.15) is 10.7 Å². The van der Waals surface area contributed by atoms with Crippen LogP contribution < -0.4 is 5.73 Å². The van der Waals surface area contributed by atoms with E-state index in [1.165, 1.54) is 16.2 Å². The Labute approximate surface area is 103 Å². The van der Waals surface area contributed by atoms with Gasteiger partial charge in [0.25, 0.3) is 5.91 Å². The largest absolute Gasteiger partial charge is 0.481 e. The van der Waals surface area contributed by atoms with Gasteiger partial charge >= 0.3 is 5.97 Å². The maximum Gasteiger partial charge on any atom is 0.305 e. The zero-order valence-corrected chi connectivity index (χ0v) is 10.4. The third-order valence-electron chi connectivity index (χ3n) is 2.21. The summed E-state index contributed by atoms with van der Waals surface area (Å²) in [4.78, 5) is 28.0. The van der Waals surface area contributed by atoms with E-state index in [4.69, 9.17) is 10.8 Å². The second-order valence-electron chi connectivity index (χ2n) is 3.36. The number of carboxylic acids is 1. The van der Waals surface area contributed by atoms with Gasteiger partial charge in [-0.15, -0.1) is 11.3 Å². The topological polar surface area (TPSA) is 96.5 Å². The molecule has 0 aliphatic heterocycles. The number of thiazole rings is 1. The van der Waals surface area contributed by atoms with Gasteiger partial charge in [-0.05, 0) is 6.92 Å². The molecule has 0 saturated heterocycles. The summed E-state index contributed by atoms with van der Waals surface area (Å²) < 4.78 is 0. The predicted molar refractivity (Wildman–Crippen MR) is 63.8 cm³/mol. The fourth-order valence-electron chi connectivity index (χ4n) is 1.30. The van der Waals surface area contributed by atoms with E-state index >= 15 is 0 Å². The van der Waals surface area contributed by atoms with Gasteiger partial charge in [0.2, 0.25) is 0 Å². The van der Waals surface area contributed by atoms with Crippen molar-refractivity contribution < 1.29 is 14.7 Å². The minimum atomic E-state index is -0.919. The Hall–Kier alpha value is -1.47. The minimum Gasteiger partial charge on any atom is -0.481 e. The molecule has 0 fully saturated rings. The molecule has 0 radical (unpaired) electrons. The van der Waals surface area contributed by atoms with Gasteiger partial charge < -0.3 is 15.7 Å². The van der Waals surface area contributed by atoms with Gasteiger partial charge in [-0.2, -0.15) is 0 Å². The number of nitrogens with zero attached hydrogens (tertiary/aromatic N) is 2. The van der Waals surface area contributed by atoms with Crippen LogP contribution in [0.2, 0.25) is 0 Å². The zero-order valence-electron chi connectivity index (χ0n) is 9.55. The highest BCUT2D eigenvalue weighted by Crippen LogP contribution is 2.11. The number of amides is 1. The normalized spacial score (nSPS) is 10.2. The van der Waals surface area contributed by atoms with Gasteiger partial charge in [0, 0.05) is 25.0 Å². The molecule has 0 aromatic carbocycles. The summed E-state index contributed by atoms with van der Waals surface area (Å²) in [5.41, 5.74) is 5.75. The van der Waals surface area contributed by atoms with Crippen LogP contribution in [0.25, 0.3) is 0 Å². The molecule has 1 heterocycles. The number of aromatic nitrogens is 1. The Bertz CT molecular complexity index is 405. The zero-order chi connectivity index (χ0) is 12.8. The van der Waals surface area contributed by atoms with E-state index in [1.54, 1.807) is 12.3 Å². The molecule has 0 saturated carbocycles. The van der Waals surface area contributed by atoms with E-state index in [9.17, 15) is 9.59 Å². The number of carboxylic acid groups (broad SMARTS) is 1. The van der Waals surface area contributed by atoms with Crippen LogP contribution in [0.15, 0.2) is 5.38 Å². The Morgan fingerprint density at radius 1 is 1.59 bits per heavy atom. The van der Waals surface area contributed by atoms with Gasteiger partial charge in [-0.1, -0.05) is 0 Å². The summed E-state index contributed by atoms with van der Waals surface area (Å²) in [5, 5.41) is 10.9. The van der Waals surface area contributed by atoms with Crippen molar-refractivity contribution in [3.05, 3.63) is 16.1 Å². The number of aliphatic carboxylic acids is 1. The first kappa shape index (κ1) is 13.6. The molecule has 0 atom stereocenters. The summed E-state index contributed by atoms with van der Waals surface area (Å²) in [6.07, 6.45) is -0.0620. The average Bonchev–Trinajstić information content (AvgIpc) is 2.77. The van der Waals surface area contributed by atoms with Crippen LogP contribution in [0.3, 0.4) is 0 Å². The van der Waals surface area contributed by atoms with E-state index in [1.807, 2.05) is 0 Å². The quantitative estimate of drug-likeness (QED) is 0.775. The van der Waals surface area contributed by atoms with E-state index in [2.05, 4.69) is 4.98 Å². The number of rotatable bonds is 6. The Morgan fingerprint density at radius 3 is 2.76 bits per heavy atom. The summed E-state index contributed by atoms with van der Waals surface area (Å²) in [6, 6.07) is 0. The molecule has 7 heteroatoms. The van der Waals surface area contributed by atoms with Crippen LogP contribution in [0.1, 0.15) is 28.8 Å². The van der Waals surface area contributed by atoms with Crippen LogP contribution >= 0.6 is 11.3 Å². The molecule has 1 amide bonds. The van der Waals surface area contributed by atoms with Gasteiger partial charge in [0.05, 0.1) is 6.42 Å². The van der Waals surface area contributed by atoms with Crippen molar-refractivity contribution in [2.45, 2.75) is 19.9 Å². The molecule has 0 unspecified atom stereocenters. The van der Waals surface area contributed by atoms with Gasteiger partial charge in [-0.3, -0.25) is 9.59 Å². The van der Waals surface area contributed by atoms with Crippen LogP contribution in [-0.2, 0) is 11.3 Å². The first-order chi connectivity index (χ1) is 8.08. The predicted octanol–water partition coefficient (Wildman–Crippen LogP) is 0.539. The van der Waals surface area contributed by atoms with E-state index in [0.29, 0.717) is 23.8 Å². The van der Waals surface area contributed by atoms with Gasteiger partial charge in [-0.25, -0.2) is 4.98 Å². The lowest BCUT2D eigenvalue weighted by Crippen LogP contribution is -2.33. The summed E-state index contributed by atoms with van der Waals surface area (Å²) in [6.45, 7) is 2.76. The molecule has 94 valence electrons. The van der Waals surface area contributed by atoms with E-state index in [-0.39, 0.29) is 18.9 Å². The summed E-state index contributed by atoms with van der Waals surface area (Å²) in [5.74, 6) is -1.16. The second kappa shape index (κ2) is 6.31. The van der Waals surface area contributed by atoms with Crippen LogP contribution in [0.5, 0.6) is 0 Å². The standard InChI is InChI=1S/C10H15N3O3S/c1-2-13(4-3-9(14)15)10(16)7-6-17-8(5-11)12-7/h6H,2-5,11H2,1H3,(H,14,15). The highest BCUT2D eigenvalue weighted by Gasteiger charge is 2.17. The van der Waals surface area contributed by atoms with Crippen molar-refractivity contribution in [1.29, 1.82) is 0 Å². The minimum absolute atomic E-state index is 0.0620. The molecule has 3 N–H and O–H groups in total. The Morgan fingerprint density at radius 2 is 2.29 bits per heavy atom. The van der Waals surface area contributed by atoms with E-state index in [0.717, 1.165) is 0 Å². The van der Waals surface area contributed by atoms with Crippen molar-refractivity contribution >= 4 is 23.2 Å². The van der Waals surface area contributed by atoms with Crippen molar-refractivity contribution in [2.24, 2.45) is 5.73 Å². The van der Waals surface area contributed by atoms with Crippen molar-refractivity contribution in [3.63, 3.8) is 0 Å². The first-order valence-corrected chi connectivity index (χ1v) is 6.12. The van der Waals surface area contributed by atoms with Crippen molar-refractivity contribution in [2.75, 3.05) is 13.1 Å². The first-order valence-electron chi connectivity index (χ1n) is 5.24. The van der Waals surface area contributed by atoms with Crippen LogP contribution in [-0.4, -0.2) is 40.0 Å². The number of hydrogen-bond donors (Lipinski definition) is 2. The molecule has 0 spiro atoms. The second-order valence-corrected chi connectivity index (χ2v) is 4.30. The van der Waals surface area contributed by atoms with Crippen molar-refractivity contribution in [3.8, 4) is 0 Å². The highest BCUT2D eigenvalue weighted by molar-refractivity contribution is 7.09. The lowest BCUT2D eigenvalue weighted by molar-refractivity contribution is -0.137. The molecule has 0 bridgehead atoms. The summed E-state index contributed by atoms with van der Waals surface area (Å²) in [7, 11) is 0. The Balaban J connectivity index is 2.68. The van der Waals surface area contributed by atoms with Crippen LogP contribution in [0.4, 0.5) is 0 Å². The number of carbonyl (C=O) groups is 2. The SMILES string of the molecule is CCN(CCC(=O)O)C(=O)c1csc(CN)n1. The molecule has 0 aliphatic rings. The average molecular weight is 257 g/mol.